The molecule has 0 saturated carbocycles. The van der Waals surface area contributed by atoms with Crippen LogP contribution in [0.5, 0.6) is 0 Å². The normalized spacial score (nSPS) is 9.85. The lowest BCUT2D eigenvalue weighted by atomic mass is 10.3. The van der Waals surface area contributed by atoms with Gasteiger partial charge in [-0.25, -0.2) is 9.97 Å². The van der Waals surface area contributed by atoms with E-state index < -0.39 is 16.5 Å². The maximum atomic E-state index is 11.7. The molecule has 0 unspecified atom stereocenters. The molecule has 0 aliphatic heterocycles. The van der Waals surface area contributed by atoms with Crippen LogP contribution in [0.25, 0.3) is 0 Å². The van der Waals surface area contributed by atoms with Crippen LogP contribution in [0.4, 0.5) is 11.5 Å². The number of nitrogens with zero attached hydrogens (tertiary/aromatic N) is 4. The predicted octanol–water partition coefficient (Wildman–Crippen LogP) is 1.19. The van der Waals surface area contributed by atoms with Gasteiger partial charge in [0.25, 0.3) is 5.91 Å². The summed E-state index contributed by atoms with van der Waals surface area (Å²) in [6, 6.07) is 3.12. The summed E-state index contributed by atoms with van der Waals surface area (Å²) < 4.78 is 0. The van der Waals surface area contributed by atoms with E-state index in [-0.39, 0.29) is 16.5 Å². The van der Waals surface area contributed by atoms with E-state index in [9.17, 15) is 14.9 Å². The summed E-state index contributed by atoms with van der Waals surface area (Å²) in [6.45, 7) is 0. The second-order valence-electron chi connectivity index (χ2n) is 3.44. The van der Waals surface area contributed by atoms with Crippen molar-refractivity contribution in [2.45, 2.75) is 0 Å². The monoisotopic (exact) mass is 294 g/mol. The molecule has 2 heterocycles. The Bertz CT molecular complexity index is 651. The summed E-state index contributed by atoms with van der Waals surface area (Å²) >= 11 is 5.60. The van der Waals surface area contributed by atoms with E-state index in [1.54, 1.807) is 6.07 Å². The number of hydrogen-bond donors (Lipinski definition) is 2. The molecule has 10 heteroatoms. The van der Waals surface area contributed by atoms with Crippen molar-refractivity contribution in [1.82, 2.24) is 20.4 Å². The van der Waals surface area contributed by atoms with Crippen molar-refractivity contribution >= 4 is 29.0 Å². The SMILES string of the molecule is O=C(NNc1ncnc(Cl)c1[N+](=O)[O-])c1cccnc1. The fourth-order valence-electron chi connectivity index (χ4n) is 1.30. The Kier molecular flexibility index (Phi) is 4.01. The molecule has 0 fully saturated rings. The molecule has 2 aromatic heterocycles. The molecular weight excluding hydrogens is 288 g/mol. The van der Waals surface area contributed by atoms with Crippen LogP contribution in [0.15, 0.2) is 30.9 Å². The fourth-order valence-corrected chi connectivity index (χ4v) is 1.50. The Morgan fingerprint density at radius 3 is 2.85 bits per heavy atom. The highest BCUT2D eigenvalue weighted by Gasteiger charge is 2.21. The van der Waals surface area contributed by atoms with Crippen LogP contribution in [-0.2, 0) is 0 Å². The number of aromatic nitrogens is 3. The van der Waals surface area contributed by atoms with Crippen molar-refractivity contribution < 1.29 is 9.72 Å². The largest absolute Gasteiger partial charge is 0.350 e. The van der Waals surface area contributed by atoms with Gasteiger partial charge in [-0.2, -0.15) is 0 Å². The van der Waals surface area contributed by atoms with Crippen LogP contribution in [0.3, 0.4) is 0 Å². The molecule has 0 saturated heterocycles. The number of rotatable bonds is 4. The molecule has 0 bridgehead atoms. The standard InChI is InChI=1S/C10H7ClN6O3/c11-8-7(17(19)20)9(14-5-13-8)15-16-10(18)6-2-1-3-12-4-6/h1-5H,(H,16,18)(H,13,14,15). The van der Waals surface area contributed by atoms with Gasteiger partial charge in [-0.1, -0.05) is 11.6 Å². The van der Waals surface area contributed by atoms with Gasteiger partial charge in [0.05, 0.1) is 10.5 Å². The summed E-state index contributed by atoms with van der Waals surface area (Å²) in [6.07, 6.45) is 3.89. The first kappa shape index (κ1) is 13.6. The Morgan fingerprint density at radius 2 is 2.20 bits per heavy atom. The van der Waals surface area contributed by atoms with Gasteiger partial charge in [0, 0.05) is 12.4 Å². The summed E-state index contributed by atoms with van der Waals surface area (Å²) in [7, 11) is 0. The third kappa shape index (κ3) is 2.95. The van der Waals surface area contributed by atoms with Gasteiger partial charge in [0.2, 0.25) is 11.0 Å². The van der Waals surface area contributed by atoms with E-state index in [2.05, 4.69) is 25.8 Å². The first-order valence-electron chi connectivity index (χ1n) is 5.21. The van der Waals surface area contributed by atoms with Crippen LogP contribution in [0.1, 0.15) is 10.4 Å². The minimum Gasteiger partial charge on any atom is -0.276 e. The Hall–Kier alpha value is -2.81. The number of nitro groups is 1. The van der Waals surface area contributed by atoms with E-state index in [1.165, 1.54) is 18.5 Å². The Morgan fingerprint density at radius 1 is 1.40 bits per heavy atom. The van der Waals surface area contributed by atoms with Crippen LogP contribution in [0.2, 0.25) is 5.15 Å². The number of amides is 1. The highest BCUT2D eigenvalue weighted by Crippen LogP contribution is 2.27. The van der Waals surface area contributed by atoms with Crippen molar-refractivity contribution in [1.29, 1.82) is 0 Å². The molecule has 0 aliphatic rings. The van der Waals surface area contributed by atoms with Crippen molar-refractivity contribution in [3.63, 3.8) is 0 Å². The smallest absolute Gasteiger partial charge is 0.276 e. The summed E-state index contributed by atoms with van der Waals surface area (Å²) in [5, 5.41) is 10.5. The minimum absolute atomic E-state index is 0.216. The molecule has 0 aliphatic carbocycles. The minimum atomic E-state index is -0.749. The lowest BCUT2D eigenvalue weighted by Gasteiger charge is -2.07. The van der Waals surface area contributed by atoms with Crippen LogP contribution in [0, 0.1) is 10.1 Å². The molecule has 2 rings (SSSR count). The lowest BCUT2D eigenvalue weighted by Crippen LogP contribution is -2.30. The third-order valence-electron chi connectivity index (χ3n) is 2.18. The van der Waals surface area contributed by atoms with Crippen molar-refractivity contribution in [3.05, 3.63) is 51.7 Å². The zero-order valence-electron chi connectivity index (χ0n) is 9.78. The van der Waals surface area contributed by atoms with E-state index in [0.717, 1.165) is 6.33 Å². The van der Waals surface area contributed by atoms with Crippen molar-refractivity contribution in [3.8, 4) is 0 Å². The van der Waals surface area contributed by atoms with Gasteiger partial charge >= 0.3 is 5.69 Å². The predicted molar refractivity (Wildman–Crippen MR) is 69.0 cm³/mol. The average molecular weight is 295 g/mol. The molecule has 0 aromatic carbocycles. The van der Waals surface area contributed by atoms with E-state index >= 15 is 0 Å². The van der Waals surface area contributed by atoms with Gasteiger partial charge in [-0.15, -0.1) is 0 Å². The maximum absolute atomic E-state index is 11.7. The van der Waals surface area contributed by atoms with Gasteiger partial charge < -0.3 is 0 Å². The van der Waals surface area contributed by atoms with Gasteiger partial charge in [0.15, 0.2) is 0 Å². The van der Waals surface area contributed by atoms with E-state index in [1.807, 2.05) is 0 Å². The highest BCUT2D eigenvalue weighted by molar-refractivity contribution is 6.31. The quantitative estimate of drug-likeness (QED) is 0.493. The number of carbonyl (C=O) groups is 1. The first-order chi connectivity index (χ1) is 9.59. The third-order valence-corrected chi connectivity index (χ3v) is 2.45. The average Bonchev–Trinajstić information content (AvgIpc) is 2.45. The Labute approximate surface area is 117 Å². The van der Waals surface area contributed by atoms with E-state index in [4.69, 9.17) is 11.6 Å². The van der Waals surface area contributed by atoms with Crippen molar-refractivity contribution in [2.75, 3.05) is 5.43 Å². The van der Waals surface area contributed by atoms with Gasteiger partial charge in [-0.05, 0) is 12.1 Å². The maximum Gasteiger partial charge on any atom is 0.350 e. The molecule has 2 N–H and O–H groups in total. The fraction of sp³-hybridized carbons (Fsp3) is 0. The summed E-state index contributed by atoms with van der Waals surface area (Å²) in [4.78, 5) is 32.7. The molecule has 20 heavy (non-hydrogen) atoms. The van der Waals surface area contributed by atoms with Gasteiger partial charge in [0.1, 0.15) is 6.33 Å². The molecule has 0 spiro atoms. The lowest BCUT2D eigenvalue weighted by molar-refractivity contribution is -0.384. The molecule has 102 valence electrons. The second kappa shape index (κ2) is 5.89. The number of hydrazine groups is 1. The highest BCUT2D eigenvalue weighted by atomic mass is 35.5. The number of anilines is 1. The Balaban J connectivity index is 2.14. The summed E-state index contributed by atoms with van der Waals surface area (Å²) in [5.74, 6) is -0.741. The van der Waals surface area contributed by atoms with Crippen LogP contribution in [-0.4, -0.2) is 25.8 Å². The number of hydrogen-bond acceptors (Lipinski definition) is 7. The number of pyridine rings is 1. The number of halogens is 1. The topological polar surface area (TPSA) is 123 Å². The van der Waals surface area contributed by atoms with Crippen LogP contribution >= 0.6 is 11.6 Å². The molecule has 9 nitrogen and oxygen atoms in total. The van der Waals surface area contributed by atoms with Crippen LogP contribution < -0.4 is 10.9 Å². The molecule has 1 amide bonds. The summed E-state index contributed by atoms with van der Waals surface area (Å²) in [5.41, 5.74) is 4.34. The zero-order chi connectivity index (χ0) is 14.5. The number of nitrogens with one attached hydrogen (secondary N) is 2. The molecule has 0 radical (unpaired) electrons. The molecule has 0 atom stereocenters. The first-order valence-corrected chi connectivity index (χ1v) is 5.58. The zero-order valence-corrected chi connectivity index (χ0v) is 10.5. The van der Waals surface area contributed by atoms with Crippen molar-refractivity contribution in [2.24, 2.45) is 0 Å². The van der Waals surface area contributed by atoms with E-state index in [0.29, 0.717) is 0 Å². The molecule has 2 aromatic rings. The second-order valence-corrected chi connectivity index (χ2v) is 3.80. The number of carbonyl (C=O) groups excluding carboxylic acids is 1. The molecular formula is C10H7ClN6O3. The van der Waals surface area contributed by atoms with Gasteiger partial charge in [-0.3, -0.25) is 30.7 Å².